The molecule has 0 unspecified atom stereocenters. The molecule has 0 aliphatic heterocycles. The van der Waals surface area contributed by atoms with Crippen LogP contribution in [0.3, 0.4) is 0 Å². The van der Waals surface area contributed by atoms with Gasteiger partial charge in [-0.1, -0.05) is 34.8 Å². The largest absolute Gasteiger partial charge is 0.352 e. The molecule has 0 spiro atoms. The Labute approximate surface area is 135 Å². The summed E-state index contributed by atoms with van der Waals surface area (Å²) in [5.41, 5.74) is 3.03. The van der Waals surface area contributed by atoms with E-state index in [0.29, 0.717) is 11.6 Å². The number of carbonyl (C=O) groups excluding carboxylic acids is 1. The van der Waals surface area contributed by atoms with Crippen molar-refractivity contribution in [2.45, 2.75) is 13.3 Å². The zero-order valence-corrected chi connectivity index (χ0v) is 13.6. The van der Waals surface area contributed by atoms with E-state index in [-0.39, 0.29) is 21.5 Å². The lowest BCUT2D eigenvalue weighted by atomic mass is 10.2. The van der Waals surface area contributed by atoms with Gasteiger partial charge in [0.1, 0.15) is 0 Å². The Morgan fingerprint density at radius 2 is 1.95 bits per heavy atom. The molecule has 1 amide bonds. The van der Waals surface area contributed by atoms with Crippen LogP contribution < -0.4 is 5.32 Å². The highest BCUT2D eigenvalue weighted by molar-refractivity contribution is 7.09. The number of nitrogens with one attached hydrogen (secondary N) is 1. The summed E-state index contributed by atoms with van der Waals surface area (Å²) in [4.78, 5) is 17.4. The highest BCUT2D eigenvalue weighted by atomic mass is 35.5. The molecular weight excluding hydrogens is 339 g/mol. The maximum absolute atomic E-state index is 12.1. The topological polar surface area (TPSA) is 42.0 Å². The molecule has 20 heavy (non-hydrogen) atoms. The van der Waals surface area contributed by atoms with Crippen LogP contribution in [-0.2, 0) is 6.42 Å². The predicted molar refractivity (Wildman–Crippen MR) is 84.4 cm³/mol. The van der Waals surface area contributed by atoms with Crippen molar-refractivity contribution in [3.05, 3.63) is 48.8 Å². The van der Waals surface area contributed by atoms with Crippen molar-refractivity contribution in [3.63, 3.8) is 0 Å². The Kier molecular flexibility index (Phi) is 5.27. The molecule has 0 saturated carbocycles. The molecule has 2 aromatic rings. The summed E-state index contributed by atoms with van der Waals surface area (Å²) in [6.07, 6.45) is 0.727. The Morgan fingerprint density at radius 1 is 1.30 bits per heavy atom. The van der Waals surface area contributed by atoms with Crippen molar-refractivity contribution in [3.8, 4) is 0 Å². The lowest BCUT2D eigenvalue weighted by Crippen LogP contribution is -2.26. The number of amides is 1. The number of thiazole rings is 1. The van der Waals surface area contributed by atoms with Crippen LogP contribution in [0.1, 0.15) is 20.9 Å². The second kappa shape index (κ2) is 6.76. The molecule has 1 aromatic heterocycles. The van der Waals surface area contributed by atoms with Crippen LogP contribution >= 0.6 is 46.1 Å². The molecule has 106 valence electrons. The number of rotatable bonds is 4. The molecule has 1 N–H and O–H groups in total. The Hall–Kier alpha value is -0.810. The zero-order valence-electron chi connectivity index (χ0n) is 10.5. The van der Waals surface area contributed by atoms with Crippen LogP contribution in [0.2, 0.25) is 15.1 Å². The first-order valence-electron chi connectivity index (χ1n) is 5.80. The molecule has 0 aliphatic rings. The van der Waals surface area contributed by atoms with E-state index in [2.05, 4.69) is 10.3 Å². The van der Waals surface area contributed by atoms with E-state index in [0.717, 1.165) is 17.0 Å². The number of hydrogen-bond donors (Lipinski definition) is 1. The second-order valence-electron chi connectivity index (χ2n) is 4.11. The van der Waals surface area contributed by atoms with Crippen molar-refractivity contribution in [1.29, 1.82) is 0 Å². The first-order chi connectivity index (χ1) is 9.49. The van der Waals surface area contributed by atoms with Crippen LogP contribution in [0.5, 0.6) is 0 Å². The summed E-state index contributed by atoms with van der Waals surface area (Å²) in [6.45, 7) is 2.44. The van der Waals surface area contributed by atoms with E-state index in [4.69, 9.17) is 34.8 Å². The fraction of sp³-hybridized carbons (Fsp3) is 0.231. The summed E-state index contributed by atoms with van der Waals surface area (Å²) in [5, 5.41) is 3.68. The van der Waals surface area contributed by atoms with E-state index >= 15 is 0 Å². The van der Waals surface area contributed by atoms with Gasteiger partial charge in [0.25, 0.3) is 5.91 Å². The molecule has 2 rings (SSSR count). The van der Waals surface area contributed by atoms with Gasteiger partial charge >= 0.3 is 0 Å². The maximum atomic E-state index is 12.1. The molecule has 0 saturated heterocycles. The molecule has 0 atom stereocenters. The van der Waals surface area contributed by atoms with Gasteiger partial charge in [-0.25, -0.2) is 4.98 Å². The maximum Gasteiger partial charge on any atom is 0.254 e. The SMILES string of the molecule is Cc1ncsc1CCNC(=O)c1c(Cl)cc(Cl)cc1Cl. The first kappa shape index (κ1) is 15.6. The molecule has 0 bridgehead atoms. The van der Waals surface area contributed by atoms with Crippen molar-refractivity contribution in [1.82, 2.24) is 10.3 Å². The van der Waals surface area contributed by atoms with E-state index in [9.17, 15) is 4.79 Å². The number of aromatic nitrogens is 1. The number of benzene rings is 1. The van der Waals surface area contributed by atoms with Crippen LogP contribution in [0.4, 0.5) is 0 Å². The van der Waals surface area contributed by atoms with E-state index in [1.54, 1.807) is 16.8 Å². The Balaban J connectivity index is 2.01. The van der Waals surface area contributed by atoms with Gasteiger partial charge in [-0.15, -0.1) is 11.3 Å². The zero-order chi connectivity index (χ0) is 14.7. The highest BCUT2D eigenvalue weighted by Gasteiger charge is 2.15. The average molecular weight is 350 g/mol. The van der Waals surface area contributed by atoms with E-state index < -0.39 is 0 Å². The molecule has 7 heteroatoms. The van der Waals surface area contributed by atoms with Gasteiger partial charge in [-0.3, -0.25) is 4.79 Å². The third-order valence-electron chi connectivity index (χ3n) is 2.72. The number of aryl methyl sites for hydroxylation is 1. The van der Waals surface area contributed by atoms with Gasteiger partial charge in [0.15, 0.2) is 0 Å². The van der Waals surface area contributed by atoms with Gasteiger partial charge in [0.2, 0.25) is 0 Å². The van der Waals surface area contributed by atoms with Crippen LogP contribution in [0, 0.1) is 6.92 Å². The third-order valence-corrected chi connectivity index (χ3v) is 4.53. The molecule has 0 aliphatic carbocycles. The summed E-state index contributed by atoms with van der Waals surface area (Å²) in [6, 6.07) is 2.99. The van der Waals surface area contributed by atoms with Gasteiger partial charge < -0.3 is 5.32 Å². The fourth-order valence-corrected chi connectivity index (χ4v) is 3.47. The Bertz CT molecular complexity index is 619. The minimum absolute atomic E-state index is 0.244. The molecular formula is C13H11Cl3N2OS. The average Bonchev–Trinajstić information content (AvgIpc) is 2.74. The van der Waals surface area contributed by atoms with Crippen LogP contribution in [0.25, 0.3) is 0 Å². The molecule has 0 fully saturated rings. The van der Waals surface area contributed by atoms with Crippen LogP contribution in [0.15, 0.2) is 17.6 Å². The van der Waals surface area contributed by atoms with E-state index in [1.165, 1.54) is 12.1 Å². The Morgan fingerprint density at radius 3 is 2.50 bits per heavy atom. The highest BCUT2D eigenvalue weighted by Crippen LogP contribution is 2.28. The normalized spacial score (nSPS) is 10.6. The lowest BCUT2D eigenvalue weighted by molar-refractivity contribution is 0.0954. The quantitative estimate of drug-likeness (QED) is 0.889. The van der Waals surface area contributed by atoms with Crippen molar-refractivity contribution >= 4 is 52.0 Å². The summed E-state index contributed by atoms with van der Waals surface area (Å²) >= 11 is 19.4. The van der Waals surface area contributed by atoms with Crippen molar-refractivity contribution in [2.24, 2.45) is 0 Å². The van der Waals surface area contributed by atoms with Gasteiger partial charge in [-0.05, 0) is 19.1 Å². The van der Waals surface area contributed by atoms with E-state index in [1.807, 2.05) is 6.92 Å². The summed E-state index contributed by atoms with van der Waals surface area (Å²) in [5.74, 6) is -0.307. The molecule has 0 radical (unpaired) electrons. The number of hydrogen-bond acceptors (Lipinski definition) is 3. The first-order valence-corrected chi connectivity index (χ1v) is 7.82. The minimum Gasteiger partial charge on any atom is -0.352 e. The van der Waals surface area contributed by atoms with Crippen molar-refractivity contribution < 1.29 is 4.79 Å². The number of nitrogens with zero attached hydrogens (tertiary/aromatic N) is 1. The minimum atomic E-state index is -0.307. The van der Waals surface area contributed by atoms with Gasteiger partial charge in [0.05, 0.1) is 26.8 Å². The molecule has 3 nitrogen and oxygen atoms in total. The standard InChI is InChI=1S/C13H11Cl3N2OS/c1-7-11(20-6-18-7)2-3-17-13(19)12-9(15)4-8(14)5-10(12)16/h4-6H,2-3H2,1H3,(H,17,19). The monoisotopic (exact) mass is 348 g/mol. The molecule has 1 heterocycles. The smallest absolute Gasteiger partial charge is 0.254 e. The number of halogens is 3. The lowest BCUT2D eigenvalue weighted by Gasteiger charge is -2.08. The van der Waals surface area contributed by atoms with Gasteiger partial charge in [0, 0.05) is 22.9 Å². The van der Waals surface area contributed by atoms with Crippen molar-refractivity contribution in [2.75, 3.05) is 6.54 Å². The summed E-state index contributed by atoms with van der Waals surface area (Å²) in [7, 11) is 0. The third kappa shape index (κ3) is 3.64. The second-order valence-corrected chi connectivity index (χ2v) is 6.30. The van der Waals surface area contributed by atoms with Crippen LogP contribution in [-0.4, -0.2) is 17.4 Å². The predicted octanol–water partition coefficient (Wildman–Crippen LogP) is 4.38. The number of carbonyl (C=O) groups is 1. The molecule has 1 aromatic carbocycles. The fourth-order valence-electron chi connectivity index (χ4n) is 1.70. The summed E-state index contributed by atoms with van der Waals surface area (Å²) < 4.78 is 0. The van der Waals surface area contributed by atoms with Gasteiger partial charge in [-0.2, -0.15) is 0 Å².